The number of hydrogen-bond donors (Lipinski definition) is 2. The summed E-state index contributed by atoms with van der Waals surface area (Å²) in [4.78, 5) is 14.1. The Morgan fingerprint density at radius 3 is 2.73 bits per heavy atom. The fourth-order valence-electron chi connectivity index (χ4n) is 2.89. The van der Waals surface area contributed by atoms with Crippen LogP contribution in [0.3, 0.4) is 0 Å². The highest BCUT2D eigenvalue weighted by atomic mass is 32.1. The molecule has 2 N–H and O–H groups in total. The first kappa shape index (κ1) is 16.7. The minimum absolute atomic E-state index is 0.0303. The van der Waals surface area contributed by atoms with Crippen molar-refractivity contribution < 1.29 is 4.79 Å². The fraction of sp³-hybridized carbons (Fsp3) is 0.529. The molecule has 1 aliphatic heterocycles. The van der Waals surface area contributed by atoms with E-state index >= 15 is 0 Å². The average molecular weight is 319 g/mol. The van der Waals surface area contributed by atoms with Gasteiger partial charge in [0.05, 0.1) is 0 Å². The van der Waals surface area contributed by atoms with Crippen molar-refractivity contribution in [2.45, 2.75) is 51.7 Å². The maximum Gasteiger partial charge on any atom is 0.222 e. The molecule has 1 fully saturated rings. The number of nitrogens with one attached hydrogen (secondary N) is 2. The highest BCUT2D eigenvalue weighted by molar-refractivity contribution is 7.80. The van der Waals surface area contributed by atoms with Crippen LogP contribution in [0.1, 0.15) is 39.2 Å². The molecule has 1 heterocycles. The highest BCUT2D eigenvalue weighted by Gasteiger charge is 2.32. The number of thiocarbonyl (C=S) groups is 1. The number of benzene rings is 1. The summed E-state index contributed by atoms with van der Waals surface area (Å²) >= 11 is 5.43. The first-order chi connectivity index (χ1) is 10.4. The lowest BCUT2D eigenvalue weighted by atomic mass is 9.93. The Hall–Kier alpha value is -1.62. The van der Waals surface area contributed by atoms with Gasteiger partial charge in [-0.1, -0.05) is 30.3 Å². The quantitative estimate of drug-likeness (QED) is 0.818. The van der Waals surface area contributed by atoms with E-state index in [2.05, 4.69) is 36.3 Å². The first-order valence-electron chi connectivity index (χ1n) is 7.77. The molecule has 1 aliphatic rings. The number of nitrogens with zero attached hydrogens (tertiary/aromatic N) is 1. The topological polar surface area (TPSA) is 44.4 Å². The van der Waals surface area contributed by atoms with Crippen LogP contribution in [0.15, 0.2) is 30.3 Å². The summed E-state index contributed by atoms with van der Waals surface area (Å²) in [7, 11) is 0. The molecule has 5 heteroatoms. The SMILES string of the molecule is CC1CC(C)(C)NC(=S)N1CCC(=O)NCc1ccccc1. The van der Waals surface area contributed by atoms with Crippen LogP contribution in [0.4, 0.5) is 0 Å². The smallest absolute Gasteiger partial charge is 0.222 e. The van der Waals surface area contributed by atoms with E-state index in [1.165, 1.54) is 0 Å². The number of amides is 1. The van der Waals surface area contributed by atoms with Crippen LogP contribution < -0.4 is 10.6 Å². The van der Waals surface area contributed by atoms with Crippen LogP contribution in [0, 0.1) is 0 Å². The summed E-state index contributed by atoms with van der Waals surface area (Å²) in [5.74, 6) is 0.0590. The lowest BCUT2D eigenvalue weighted by Crippen LogP contribution is -2.60. The minimum Gasteiger partial charge on any atom is -0.358 e. The third-order valence-corrected chi connectivity index (χ3v) is 4.29. The van der Waals surface area contributed by atoms with E-state index in [0.29, 0.717) is 25.6 Å². The number of carbonyl (C=O) groups excluding carboxylic acids is 1. The molecule has 1 saturated heterocycles. The zero-order valence-electron chi connectivity index (χ0n) is 13.6. The third kappa shape index (κ3) is 4.70. The number of hydrogen-bond acceptors (Lipinski definition) is 2. The van der Waals surface area contributed by atoms with E-state index in [1.807, 2.05) is 30.3 Å². The molecule has 1 aromatic carbocycles. The summed E-state index contributed by atoms with van der Waals surface area (Å²) in [5.41, 5.74) is 1.14. The van der Waals surface area contributed by atoms with Gasteiger partial charge in [0, 0.05) is 31.1 Å². The molecule has 0 radical (unpaired) electrons. The molecular formula is C17H25N3OS. The molecule has 0 aromatic heterocycles. The first-order valence-corrected chi connectivity index (χ1v) is 8.18. The highest BCUT2D eigenvalue weighted by Crippen LogP contribution is 2.22. The van der Waals surface area contributed by atoms with Gasteiger partial charge in [-0.3, -0.25) is 4.79 Å². The predicted molar refractivity (Wildman–Crippen MR) is 93.5 cm³/mol. The van der Waals surface area contributed by atoms with Crippen molar-refractivity contribution >= 4 is 23.2 Å². The summed E-state index contributed by atoms with van der Waals surface area (Å²) in [5, 5.41) is 7.05. The van der Waals surface area contributed by atoms with Crippen LogP contribution in [-0.4, -0.2) is 34.0 Å². The van der Waals surface area contributed by atoms with Gasteiger partial charge in [0.15, 0.2) is 5.11 Å². The molecule has 4 nitrogen and oxygen atoms in total. The van der Waals surface area contributed by atoms with Gasteiger partial charge < -0.3 is 15.5 Å². The maximum atomic E-state index is 12.0. The monoisotopic (exact) mass is 319 g/mol. The Labute approximate surface area is 138 Å². The molecule has 1 unspecified atom stereocenters. The summed E-state index contributed by atoms with van der Waals surface area (Å²) < 4.78 is 0. The normalized spacial score (nSPS) is 20.4. The van der Waals surface area contributed by atoms with Crippen molar-refractivity contribution in [3.8, 4) is 0 Å². The zero-order valence-corrected chi connectivity index (χ0v) is 14.4. The minimum atomic E-state index is 0.0303. The second-order valence-corrected chi connectivity index (χ2v) is 6.96. The lowest BCUT2D eigenvalue weighted by molar-refractivity contribution is -0.121. The lowest BCUT2D eigenvalue weighted by Gasteiger charge is -2.44. The molecule has 1 atom stereocenters. The van der Waals surface area contributed by atoms with Crippen LogP contribution in [0.5, 0.6) is 0 Å². The molecule has 120 valence electrons. The van der Waals surface area contributed by atoms with Crippen molar-refractivity contribution in [2.24, 2.45) is 0 Å². The molecular weight excluding hydrogens is 294 g/mol. The number of carbonyl (C=O) groups is 1. The van der Waals surface area contributed by atoms with E-state index in [1.54, 1.807) is 0 Å². The second-order valence-electron chi connectivity index (χ2n) is 6.57. The fourth-order valence-corrected chi connectivity index (χ4v) is 3.44. The molecule has 1 amide bonds. The van der Waals surface area contributed by atoms with E-state index in [4.69, 9.17) is 12.2 Å². The molecule has 0 bridgehead atoms. The summed E-state index contributed by atoms with van der Waals surface area (Å²) in [6.45, 7) is 7.70. The Morgan fingerprint density at radius 2 is 2.09 bits per heavy atom. The van der Waals surface area contributed by atoms with Gasteiger partial charge in [-0.25, -0.2) is 0 Å². The van der Waals surface area contributed by atoms with Crippen molar-refractivity contribution in [1.82, 2.24) is 15.5 Å². The van der Waals surface area contributed by atoms with Gasteiger partial charge >= 0.3 is 0 Å². The van der Waals surface area contributed by atoms with E-state index in [-0.39, 0.29) is 11.4 Å². The van der Waals surface area contributed by atoms with E-state index in [0.717, 1.165) is 17.1 Å². The predicted octanol–water partition coefficient (Wildman–Crippen LogP) is 2.44. The van der Waals surface area contributed by atoms with E-state index in [9.17, 15) is 4.79 Å². The largest absolute Gasteiger partial charge is 0.358 e. The van der Waals surface area contributed by atoms with Crippen molar-refractivity contribution in [3.05, 3.63) is 35.9 Å². The summed E-state index contributed by atoms with van der Waals surface area (Å²) in [6, 6.07) is 10.3. The van der Waals surface area contributed by atoms with E-state index < -0.39 is 0 Å². The van der Waals surface area contributed by atoms with Gasteiger partial charge in [-0.2, -0.15) is 0 Å². The van der Waals surface area contributed by atoms with Crippen molar-refractivity contribution in [2.75, 3.05) is 6.54 Å². The Kier molecular flexibility index (Phi) is 5.40. The molecule has 0 spiro atoms. The van der Waals surface area contributed by atoms with Crippen LogP contribution >= 0.6 is 12.2 Å². The zero-order chi connectivity index (χ0) is 16.2. The Balaban J connectivity index is 1.77. The average Bonchev–Trinajstić information content (AvgIpc) is 2.44. The van der Waals surface area contributed by atoms with Gasteiger partial charge in [0.1, 0.15) is 0 Å². The molecule has 0 saturated carbocycles. The van der Waals surface area contributed by atoms with Gasteiger partial charge in [-0.05, 0) is 45.0 Å². The van der Waals surface area contributed by atoms with Crippen LogP contribution in [-0.2, 0) is 11.3 Å². The standard InChI is InChI=1S/C17H25N3OS/c1-13-11-17(2,3)19-16(22)20(13)10-9-15(21)18-12-14-7-5-4-6-8-14/h4-8,13H,9-12H2,1-3H3,(H,18,21)(H,19,22). The number of rotatable bonds is 5. The summed E-state index contributed by atoms with van der Waals surface area (Å²) in [6.07, 6.45) is 1.47. The Morgan fingerprint density at radius 1 is 1.41 bits per heavy atom. The molecule has 1 aromatic rings. The van der Waals surface area contributed by atoms with Gasteiger partial charge in [-0.15, -0.1) is 0 Å². The Bertz CT molecular complexity index is 530. The van der Waals surface area contributed by atoms with Crippen molar-refractivity contribution in [3.63, 3.8) is 0 Å². The van der Waals surface area contributed by atoms with Crippen LogP contribution in [0.2, 0.25) is 0 Å². The van der Waals surface area contributed by atoms with Crippen molar-refractivity contribution in [1.29, 1.82) is 0 Å². The molecule has 2 rings (SSSR count). The second kappa shape index (κ2) is 7.09. The molecule has 22 heavy (non-hydrogen) atoms. The third-order valence-electron chi connectivity index (χ3n) is 3.96. The van der Waals surface area contributed by atoms with Gasteiger partial charge in [0.2, 0.25) is 5.91 Å². The maximum absolute atomic E-state index is 12.0. The van der Waals surface area contributed by atoms with Crippen LogP contribution in [0.25, 0.3) is 0 Å². The molecule has 0 aliphatic carbocycles. The van der Waals surface area contributed by atoms with Gasteiger partial charge in [0.25, 0.3) is 0 Å².